The molecular weight excluding hydrogens is 718 g/mol. The molecule has 298 valence electrons. The molecule has 4 atom stereocenters. The van der Waals surface area contributed by atoms with E-state index in [0.29, 0.717) is 37.8 Å². The molecule has 0 aromatic heterocycles. The fraction of sp³-hybridized carbons (Fsp3) is 0.452. The van der Waals surface area contributed by atoms with Crippen molar-refractivity contribution in [3.05, 3.63) is 112 Å². The van der Waals surface area contributed by atoms with Crippen LogP contribution >= 0.6 is 0 Å². The van der Waals surface area contributed by atoms with Crippen LogP contribution in [0.2, 0.25) is 0 Å². The lowest BCUT2D eigenvalue weighted by molar-refractivity contribution is -0.384. The fourth-order valence-corrected chi connectivity index (χ4v) is 7.29. The molecule has 5 rings (SSSR count). The topological polar surface area (TPSA) is 177 Å². The van der Waals surface area contributed by atoms with Crippen molar-refractivity contribution >= 4 is 35.5 Å². The predicted molar refractivity (Wildman–Crippen MR) is 207 cm³/mol. The summed E-state index contributed by atoms with van der Waals surface area (Å²) in [6.07, 6.45) is 1.11. The molecule has 0 aliphatic carbocycles. The van der Waals surface area contributed by atoms with Gasteiger partial charge in [-0.3, -0.25) is 24.5 Å². The molecule has 0 spiro atoms. The summed E-state index contributed by atoms with van der Waals surface area (Å²) in [5, 5.41) is 16.7. The number of alkyl carbamates (subject to hydrolysis) is 1. The number of hydrogen-bond donors (Lipinski definition) is 2. The Kier molecular flexibility index (Phi) is 13.5. The molecule has 0 saturated carbocycles. The Hall–Kier alpha value is -5.79. The first-order valence-electron chi connectivity index (χ1n) is 19.1. The zero-order valence-corrected chi connectivity index (χ0v) is 32.5. The third kappa shape index (κ3) is 10.3. The molecule has 3 aromatic carbocycles. The normalized spacial score (nSPS) is 18.0. The van der Waals surface area contributed by atoms with E-state index >= 15 is 0 Å². The number of amides is 4. The molecule has 2 aliphatic rings. The first-order chi connectivity index (χ1) is 26.6. The summed E-state index contributed by atoms with van der Waals surface area (Å²) in [4.78, 5) is 83.0. The van der Waals surface area contributed by atoms with E-state index in [4.69, 9.17) is 9.47 Å². The first kappa shape index (κ1) is 41.4. The number of benzene rings is 3. The second-order valence-corrected chi connectivity index (χ2v) is 15.6. The molecule has 2 saturated heterocycles. The smallest absolute Gasteiger partial charge is 0.408 e. The van der Waals surface area contributed by atoms with Gasteiger partial charge in [-0.2, -0.15) is 0 Å². The number of nitrogens with zero attached hydrogens (tertiary/aromatic N) is 3. The number of nitro benzene ring substituents is 1. The van der Waals surface area contributed by atoms with Crippen LogP contribution in [0, 0.1) is 16.0 Å². The maximum absolute atomic E-state index is 14.5. The molecule has 4 amide bonds. The van der Waals surface area contributed by atoms with Crippen molar-refractivity contribution < 1.29 is 38.4 Å². The molecule has 2 fully saturated rings. The summed E-state index contributed by atoms with van der Waals surface area (Å²) in [5.41, 5.74) is 1.17. The van der Waals surface area contributed by atoms with Crippen molar-refractivity contribution in [1.82, 2.24) is 20.4 Å². The Morgan fingerprint density at radius 1 is 0.786 bits per heavy atom. The van der Waals surface area contributed by atoms with Gasteiger partial charge in [0.2, 0.25) is 17.7 Å². The third-order valence-corrected chi connectivity index (χ3v) is 9.99. The zero-order valence-electron chi connectivity index (χ0n) is 32.5. The highest BCUT2D eigenvalue weighted by atomic mass is 16.6. The van der Waals surface area contributed by atoms with Gasteiger partial charge in [-0.15, -0.1) is 0 Å². The summed E-state index contributed by atoms with van der Waals surface area (Å²) in [6.45, 7) is 9.27. The average molecular weight is 770 g/mol. The minimum absolute atomic E-state index is 0.0802. The van der Waals surface area contributed by atoms with E-state index in [1.165, 1.54) is 34.1 Å². The van der Waals surface area contributed by atoms with E-state index in [2.05, 4.69) is 10.6 Å². The van der Waals surface area contributed by atoms with Crippen molar-refractivity contribution in [2.24, 2.45) is 5.92 Å². The van der Waals surface area contributed by atoms with Crippen molar-refractivity contribution in [2.45, 2.75) is 103 Å². The number of ether oxygens (including phenoxy) is 2. The van der Waals surface area contributed by atoms with Gasteiger partial charge in [0.1, 0.15) is 36.4 Å². The van der Waals surface area contributed by atoms with Crippen LogP contribution in [0.15, 0.2) is 84.9 Å². The van der Waals surface area contributed by atoms with Gasteiger partial charge in [0, 0.05) is 31.1 Å². The summed E-state index contributed by atoms with van der Waals surface area (Å²) in [6, 6.07) is 20.4. The third-order valence-electron chi connectivity index (χ3n) is 9.99. The number of nitrogens with one attached hydrogen (secondary N) is 2. The molecule has 0 unspecified atom stereocenters. The van der Waals surface area contributed by atoms with E-state index in [1.54, 1.807) is 34.6 Å². The van der Waals surface area contributed by atoms with Gasteiger partial charge in [-0.05, 0) is 81.2 Å². The molecule has 2 heterocycles. The lowest BCUT2D eigenvalue weighted by Gasteiger charge is -2.35. The summed E-state index contributed by atoms with van der Waals surface area (Å²) in [7, 11) is 0. The molecule has 14 heteroatoms. The molecule has 0 radical (unpaired) electrons. The minimum atomic E-state index is -1.19. The molecule has 0 bridgehead atoms. The maximum atomic E-state index is 14.5. The monoisotopic (exact) mass is 769 g/mol. The number of non-ortho nitro benzene ring substituents is 1. The Bertz CT molecular complexity index is 1830. The molecule has 14 nitrogen and oxygen atoms in total. The van der Waals surface area contributed by atoms with Crippen LogP contribution in [0.25, 0.3) is 0 Å². The van der Waals surface area contributed by atoms with Crippen LogP contribution in [0.4, 0.5) is 10.5 Å². The number of esters is 1. The largest absolute Gasteiger partial charge is 0.459 e. The lowest BCUT2D eigenvalue weighted by atomic mass is 9.84. The number of carbonyl (C=O) groups is 5. The second-order valence-electron chi connectivity index (χ2n) is 15.6. The number of nitro groups is 1. The predicted octanol–water partition coefficient (Wildman–Crippen LogP) is 5.49. The van der Waals surface area contributed by atoms with Gasteiger partial charge in [0.25, 0.3) is 5.69 Å². The van der Waals surface area contributed by atoms with E-state index in [1.807, 2.05) is 60.7 Å². The van der Waals surface area contributed by atoms with Crippen molar-refractivity contribution in [3.63, 3.8) is 0 Å². The molecular formula is C42H51N5O9. The zero-order chi connectivity index (χ0) is 40.6. The van der Waals surface area contributed by atoms with E-state index in [9.17, 15) is 34.1 Å². The van der Waals surface area contributed by atoms with Gasteiger partial charge in [-0.1, -0.05) is 74.5 Å². The van der Waals surface area contributed by atoms with Crippen molar-refractivity contribution in [1.29, 1.82) is 0 Å². The second kappa shape index (κ2) is 18.2. The van der Waals surface area contributed by atoms with Crippen LogP contribution in [-0.2, 0) is 35.3 Å². The quantitative estimate of drug-likeness (QED) is 0.129. The van der Waals surface area contributed by atoms with Gasteiger partial charge in [-0.25, -0.2) is 9.59 Å². The summed E-state index contributed by atoms with van der Waals surface area (Å²) in [5.74, 6) is -3.04. The van der Waals surface area contributed by atoms with Crippen LogP contribution < -0.4 is 10.6 Å². The molecule has 56 heavy (non-hydrogen) atoms. The Morgan fingerprint density at radius 3 is 1.88 bits per heavy atom. The first-order valence-corrected chi connectivity index (χ1v) is 19.1. The fourth-order valence-electron chi connectivity index (χ4n) is 7.29. The summed E-state index contributed by atoms with van der Waals surface area (Å²) < 4.78 is 11.1. The van der Waals surface area contributed by atoms with Crippen LogP contribution in [0.3, 0.4) is 0 Å². The maximum Gasteiger partial charge on any atom is 0.408 e. The molecule has 2 N–H and O–H groups in total. The highest BCUT2D eigenvalue weighted by Crippen LogP contribution is 2.30. The van der Waals surface area contributed by atoms with Gasteiger partial charge in [0.15, 0.2) is 0 Å². The van der Waals surface area contributed by atoms with Gasteiger partial charge < -0.3 is 29.9 Å². The lowest BCUT2D eigenvalue weighted by Crippen LogP contribution is -2.60. The highest BCUT2D eigenvalue weighted by Gasteiger charge is 2.45. The van der Waals surface area contributed by atoms with Crippen molar-refractivity contribution in [3.8, 4) is 0 Å². The number of rotatable bonds is 13. The standard InChI is InChI=1S/C42H51N5O9/c1-27(2)35(43-37(48)36(44-41(52)56-42(3,4)5)34(29-14-8-6-9-15-29)30-16-10-7-11-17-30)39(50)45-24-12-18-32(45)38(49)46-25-13-19-33(46)40(51)55-26-28-20-22-31(23-21-28)47(53)54/h6-11,14-17,20-23,27,32-36H,12-13,18-19,24-26H2,1-5H3,(H,43,48)(H,44,52)/t32-,33-,35-,36-/m0/s1. The van der Waals surface area contributed by atoms with E-state index < -0.39 is 70.4 Å². The van der Waals surface area contributed by atoms with E-state index in [0.717, 1.165) is 11.1 Å². The van der Waals surface area contributed by atoms with Crippen LogP contribution in [0.5, 0.6) is 0 Å². The average Bonchev–Trinajstić information content (AvgIpc) is 3.87. The molecule has 2 aliphatic heterocycles. The number of carbonyl (C=O) groups excluding carboxylic acids is 5. The van der Waals surface area contributed by atoms with Crippen LogP contribution in [-0.4, -0.2) is 87.4 Å². The van der Waals surface area contributed by atoms with Crippen molar-refractivity contribution in [2.75, 3.05) is 13.1 Å². The number of likely N-dealkylation sites (tertiary alicyclic amines) is 2. The van der Waals surface area contributed by atoms with Crippen LogP contribution in [0.1, 0.15) is 82.9 Å². The summed E-state index contributed by atoms with van der Waals surface area (Å²) >= 11 is 0. The van der Waals surface area contributed by atoms with E-state index in [-0.39, 0.29) is 24.7 Å². The Labute approximate surface area is 327 Å². The molecule has 3 aromatic rings. The Morgan fingerprint density at radius 2 is 1.34 bits per heavy atom. The highest BCUT2D eigenvalue weighted by molar-refractivity contribution is 5.96. The van der Waals surface area contributed by atoms with Gasteiger partial charge in [0.05, 0.1) is 4.92 Å². The Balaban J connectivity index is 1.34. The van der Waals surface area contributed by atoms with Gasteiger partial charge >= 0.3 is 12.1 Å². The SMILES string of the molecule is CC(C)[C@H](NC(=O)[C@@H](NC(=O)OC(C)(C)C)C(c1ccccc1)c1ccccc1)C(=O)N1CCC[C@H]1C(=O)N1CCC[C@H]1C(=O)OCc1ccc([N+](=O)[O-])cc1. The number of hydrogen-bond acceptors (Lipinski definition) is 9. The minimum Gasteiger partial charge on any atom is -0.459 e.